The highest BCUT2D eigenvalue weighted by Crippen LogP contribution is 2.21. The molecule has 2 heterocycles. The van der Waals surface area contributed by atoms with Crippen LogP contribution in [0.15, 0.2) is 12.1 Å². The van der Waals surface area contributed by atoms with Crippen LogP contribution in [0.25, 0.3) is 0 Å². The molecule has 1 aliphatic rings. The molecule has 0 aromatic carbocycles. The first-order valence-electron chi connectivity index (χ1n) is 8.32. The number of carbonyl (C=O) groups is 1. The fourth-order valence-electron chi connectivity index (χ4n) is 2.69. The van der Waals surface area contributed by atoms with E-state index in [-0.39, 0.29) is 18.7 Å². The predicted octanol–water partition coefficient (Wildman–Crippen LogP) is -0.850. The summed E-state index contributed by atoms with van der Waals surface area (Å²) in [5.41, 5.74) is 5.37. The highest BCUT2D eigenvalue weighted by atomic mass is 32.1. The van der Waals surface area contributed by atoms with Crippen molar-refractivity contribution in [2.24, 2.45) is 5.73 Å². The highest BCUT2D eigenvalue weighted by Gasteiger charge is 2.36. The lowest BCUT2D eigenvalue weighted by molar-refractivity contribution is -0.121. The van der Waals surface area contributed by atoms with Crippen LogP contribution in [0.2, 0.25) is 0 Å². The van der Waals surface area contributed by atoms with Crippen LogP contribution in [0.4, 0.5) is 0 Å². The van der Waals surface area contributed by atoms with Crippen LogP contribution in [0.3, 0.4) is 0 Å². The minimum absolute atomic E-state index is 0.0436. The molecule has 0 bridgehead atoms. The molecule has 0 aliphatic carbocycles. The second-order valence-corrected chi connectivity index (χ2v) is 7.26. The van der Waals surface area contributed by atoms with Gasteiger partial charge in [0.2, 0.25) is 5.91 Å². The predicted molar refractivity (Wildman–Crippen MR) is 93.6 cm³/mol. The van der Waals surface area contributed by atoms with Crippen molar-refractivity contribution in [3.05, 3.63) is 21.9 Å². The lowest BCUT2D eigenvalue weighted by atomic mass is 9.72. The Hall–Kier alpha value is -1.01. The number of amides is 1. The Balaban J connectivity index is 1.75. The van der Waals surface area contributed by atoms with Gasteiger partial charge in [0.05, 0.1) is 25.6 Å². The van der Waals surface area contributed by atoms with Crippen molar-refractivity contribution in [2.75, 3.05) is 13.2 Å². The standard InChI is InChI=1S/C15H25BN2O6S/c17-5-6-23-9-12-3-2-11(25-12)8-14(19)18-13-4-1-10(7-15(20)21)24-16(13)22/h2-3,10,13,15,20-22H,1,4-9,17H2,(H,18,19)/t10-,13-/m0/s1. The summed E-state index contributed by atoms with van der Waals surface area (Å²) in [6.45, 7) is 1.46. The molecule has 2 atom stereocenters. The third-order valence-electron chi connectivity index (χ3n) is 3.85. The second kappa shape index (κ2) is 10.2. The van der Waals surface area contributed by atoms with E-state index in [1.165, 1.54) is 11.3 Å². The van der Waals surface area contributed by atoms with Gasteiger partial charge in [-0.1, -0.05) is 0 Å². The monoisotopic (exact) mass is 372 g/mol. The van der Waals surface area contributed by atoms with Gasteiger partial charge in [-0.15, -0.1) is 11.3 Å². The number of nitrogens with one attached hydrogen (secondary N) is 1. The molecular weight excluding hydrogens is 347 g/mol. The van der Waals surface area contributed by atoms with Crippen molar-refractivity contribution in [3.63, 3.8) is 0 Å². The van der Waals surface area contributed by atoms with Gasteiger partial charge >= 0.3 is 7.12 Å². The number of ether oxygens (including phenoxy) is 1. The number of aliphatic hydroxyl groups excluding tert-OH is 1. The van der Waals surface area contributed by atoms with Crippen LogP contribution in [0, 0.1) is 0 Å². The van der Waals surface area contributed by atoms with Crippen molar-refractivity contribution >= 4 is 24.4 Å². The summed E-state index contributed by atoms with van der Waals surface area (Å²) < 4.78 is 10.7. The fourth-order valence-corrected chi connectivity index (χ4v) is 3.64. The van der Waals surface area contributed by atoms with Gasteiger partial charge in [-0.05, 0) is 25.0 Å². The maximum atomic E-state index is 12.2. The molecule has 0 radical (unpaired) electrons. The molecule has 0 spiro atoms. The zero-order chi connectivity index (χ0) is 18.2. The molecule has 0 saturated carbocycles. The van der Waals surface area contributed by atoms with Crippen molar-refractivity contribution in [1.82, 2.24) is 5.32 Å². The van der Waals surface area contributed by atoms with Crippen LogP contribution in [0.1, 0.15) is 29.0 Å². The average Bonchev–Trinajstić information content (AvgIpc) is 2.97. The Morgan fingerprint density at radius 3 is 2.88 bits per heavy atom. The van der Waals surface area contributed by atoms with E-state index in [1.807, 2.05) is 12.1 Å². The number of aliphatic hydroxyl groups is 2. The molecule has 8 nitrogen and oxygen atoms in total. The van der Waals surface area contributed by atoms with E-state index in [9.17, 15) is 9.82 Å². The van der Waals surface area contributed by atoms with Crippen molar-refractivity contribution in [2.45, 2.75) is 50.6 Å². The molecule has 10 heteroatoms. The first-order valence-corrected chi connectivity index (χ1v) is 9.14. The molecule has 0 unspecified atom stereocenters. The van der Waals surface area contributed by atoms with Crippen molar-refractivity contribution in [3.8, 4) is 0 Å². The average molecular weight is 372 g/mol. The summed E-state index contributed by atoms with van der Waals surface area (Å²) in [5, 5.41) is 30.6. The molecule has 25 heavy (non-hydrogen) atoms. The summed E-state index contributed by atoms with van der Waals surface area (Å²) in [5.74, 6) is -0.684. The number of hydrogen-bond donors (Lipinski definition) is 5. The lowest BCUT2D eigenvalue weighted by Gasteiger charge is -2.31. The fraction of sp³-hybridized carbons (Fsp3) is 0.667. The maximum Gasteiger partial charge on any atom is 0.478 e. The number of thiophene rings is 1. The van der Waals surface area contributed by atoms with E-state index in [4.69, 9.17) is 25.3 Å². The van der Waals surface area contributed by atoms with Crippen LogP contribution < -0.4 is 11.1 Å². The summed E-state index contributed by atoms with van der Waals surface area (Å²) in [6.07, 6.45) is -0.554. The van der Waals surface area contributed by atoms with Gasteiger partial charge < -0.3 is 35.7 Å². The quantitative estimate of drug-likeness (QED) is 0.217. The normalized spacial score (nSPS) is 20.9. The molecule has 1 aromatic rings. The van der Waals surface area contributed by atoms with E-state index in [1.54, 1.807) is 0 Å². The van der Waals surface area contributed by atoms with Crippen LogP contribution in [0.5, 0.6) is 0 Å². The Morgan fingerprint density at radius 2 is 2.20 bits per heavy atom. The van der Waals surface area contributed by atoms with E-state index in [2.05, 4.69) is 5.32 Å². The van der Waals surface area contributed by atoms with E-state index in [0.717, 1.165) is 9.75 Å². The van der Waals surface area contributed by atoms with Gasteiger partial charge in [-0.2, -0.15) is 0 Å². The third kappa shape index (κ3) is 7.02. The largest absolute Gasteiger partial charge is 0.478 e. The summed E-state index contributed by atoms with van der Waals surface area (Å²) in [4.78, 5) is 14.1. The van der Waals surface area contributed by atoms with Crippen molar-refractivity contribution < 1.29 is 29.4 Å². The topological polar surface area (TPSA) is 134 Å². The Bertz CT molecular complexity index is 544. The summed E-state index contributed by atoms with van der Waals surface area (Å²) in [7, 11) is -1.15. The van der Waals surface area contributed by atoms with Gasteiger partial charge in [0.25, 0.3) is 0 Å². The second-order valence-electron chi connectivity index (χ2n) is 6.00. The van der Waals surface area contributed by atoms with E-state index < -0.39 is 25.5 Å². The molecule has 1 saturated heterocycles. The Morgan fingerprint density at radius 1 is 1.44 bits per heavy atom. The number of hydrogen-bond acceptors (Lipinski definition) is 8. The summed E-state index contributed by atoms with van der Waals surface area (Å²) in [6, 6.07) is 3.81. The Labute approximate surface area is 151 Å². The van der Waals surface area contributed by atoms with Gasteiger partial charge in [-0.25, -0.2) is 0 Å². The molecule has 1 fully saturated rings. The SMILES string of the molecule is NCCOCc1ccc(CC(=O)N[C@H]2CC[C@@H](CC(O)O)OB2O)s1. The van der Waals surface area contributed by atoms with Gasteiger partial charge in [0, 0.05) is 28.8 Å². The van der Waals surface area contributed by atoms with Crippen LogP contribution in [-0.2, 0) is 27.2 Å². The minimum Gasteiger partial charge on any atom is -0.426 e. The molecule has 140 valence electrons. The maximum absolute atomic E-state index is 12.2. The zero-order valence-electron chi connectivity index (χ0n) is 14.0. The first-order chi connectivity index (χ1) is 12.0. The number of rotatable bonds is 9. The molecule has 1 amide bonds. The lowest BCUT2D eigenvalue weighted by Crippen LogP contribution is -2.53. The van der Waals surface area contributed by atoms with Crippen LogP contribution in [-0.4, -0.2) is 59.7 Å². The van der Waals surface area contributed by atoms with Gasteiger partial charge in [0.15, 0.2) is 6.29 Å². The van der Waals surface area contributed by atoms with Crippen LogP contribution >= 0.6 is 11.3 Å². The molecule has 1 aromatic heterocycles. The zero-order valence-corrected chi connectivity index (χ0v) is 14.8. The smallest absolute Gasteiger partial charge is 0.426 e. The number of carbonyl (C=O) groups excluding carboxylic acids is 1. The minimum atomic E-state index is -1.47. The number of nitrogens with two attached hydrogens (primary N) is 1. The molecule has 2 rings (SSSR count). The highest BCUT2D eigenvalue weighted by molar-refractivity contribution is 7.12. The van der Waals surface area contributed by atoms with Gasteiger partial charge in [-0.3, -0.25) is 4.79 Å². The molecular formula is C15H25BN2O6S. The first kappa shape index (κ1) is 20.3. The van der Waals surface area contributed by atoms with E-state index >= 15 is 0 Å². The Kier molecular flexibility index (Phi) is 8.30. The molecule has 6 N–H and O–H groups in total. The van der Waals surface area contributed by atoms with Gasteiger partial charge in [0.1, 0.15) is 0 Å². The van der Waals surface area contributed by atoms with Crippen molar-refractivity contribution in [1.29, 1.82) is 0 Å². The third-order valence-corrected chi connectivity index (χ3v) is 4.91. The summed E-state index contributed by atoms with van der Waals surface area (Å²) >= 11 is 1.51. The molecule has 1 aliphatic heterocycles. The van der Waals surface area contributed by atoms with E-state index in [0.29, 0.717) is 32.6 Å².